The Morgan fingerprint density at radius 1 is 1.48 bits per heavy atom. The highest BCUT2D eigenvalue weighted by Gasteiger charge is 2.41. The first-order valence-corrected chi connectivity index (χ1v) is 9.19. The number of allylic oxidation sites excluding steroid dienone is 1. The molecule has 8 nitrogen and oxygen atoms in total. The lowest BCUT2D eigenvalue weighted by atomic mass is 9.94. The number of nitrogens with zero attached hydrogens (tertiary/aromatic N) is 3. The number of benzene rings is 1. The van der Waals surface area contributed by atoms with Crippen LogP contribution in [0.25, 0.3) is 0 Å². The van der Waals surface area contributed by atoms with Gasteiger partial charge in [0.1, 0.15) is 6.61 Å². The van der Waals surface area contributed by atoms with Crippen molar-refractivity contribution in [2.75, 3.05) is 12.4 Å². The van der Waals surface area contributed by atoms with E-state index in [0.717, 1.165) is 0 Å². The highest BCUT2D eigenvalue weighted by molar-refractivity contribution is 8.14. The van der Waals surface area contributed by atoms with E-state index in [1.54, 1.807) is 19.1 Å². The monoisotopic (exact) mass is 387 g/mol. The first kappa shape index (κ1) is 18.8. The second-order valence-electron chi connectivity index (χ2n) is 5.89. The summed E-state index contributed by atoms with van der Waals surface area (Å²) in [4.78, 5) is 41.6. The lowest BCUT2D eigenvalue weighted by molar-refractivity contribution is -0.384. The molecule has 1 saturated heterocycles. The van der Waals surface area contributed by atoms with Gasteiger partial charge in [-0.1, -0.05) is 24.4 Å². The predicted octanol–water partition coefficient (Wildman–Crippen LogP) is 2.97. The highest BCUT2D eigenvalue weighted by Crippen LogP contribution is 2.40. The van der Waals surface area contributed by atoms with Crippen LogP contribution in [0.15, 0.2) is 53.2 Å². The predicted molar refractivity (Wildman–Crippen MR) is 101 cm³/mol. The Kier molecular flexibility index (Phi) is 5.41. The molecular weight excluding hydrogens is 370 g/mol. The maximum absolute atomic E-state index is 12.7. The third kappa shape index (κ3) is 3.63. The molecule has 140 valence electrons. The van der Waals surface area contributed by atoms with E-state index in [4.69, 9.17) is 4.74 Å². The molecule has 3 rings (SSSR count). The minimum absolute atomic E-state index is 0.0296. The number of amides is 1. The second kappa shape index (κ2) is 7.75. The summed E-state index contributed by atoms with van der Waals surface area (Å²) < 4.78 is 5.19. The number of nitro benzene ring substituents is 1. The summed E-state index contributed by atoms with van der Waals surface area (Å²) in [6.07, 6.45) is 1.77. The van der Waals surface area contributed by atoms with Crippen molar-refractivity contribution in [1.82, 2.24) is 4.90 Å². The van der Waals surface area contributed by atoms with Gasteiger partial charge in [-0.2, -0.15) is 0 Å². The van der Waals surface area contributed by atoms with E-state index < -0.39 is 16.9 Å². The standard InChI is InChI=1S/C18H17N3O5S/c1-3-9-26-17(23)15-11(2)19-18-20(14(22)8-10-27-18)16(15)12-4-6-13(7-5-12)21(24)25/h3-7,16H,1,8-10H2,2H3. The minimum atomic E-state index is -0.740. The number of fused-ring (bicyclic) bond motifs is 1. The van der Waals surface area contributed by atoms with Gasteiger partial charge in [0.2, 0.25) is 5.91 Å². The molecule has 0 aliphatic carbocycles. The summed E-state index contributed by atoms with van der Waals surface area (Å²) in [6.45, 7) is 5.24. The van der Waals surface area contributed by atoms with E-state index in [9.17, 15) is 19.7 Å². The SMILES string of the molecule is C=CCOC(=O)C1=C(C)N=C2SCCC(=O)N2C1c1ccc([N+](=O)[O-])cc1. The molecule has 0 saturated carbocycles. The largest absolute Gasteiger partial charge is 0.458 e. The fourth-order valence-electron chi connectivity index (χ4n) is 2.96. The van der Waals surface area contributed by atoms with Gasteiger partial charge in [0.25, 0.3) is 5.69 Å². The van der Waals surface area contributed by atoms with Crippen LogP contribution in [0.4, 0.5) is 5.69 Å². The van der Waals surface area contributed by atoms with Crippen molar-refractivity contribution in [1.29, 1.82) is 0 Å². The van der Waals surface area contributed by atoms with Gasteiger partial charge < -0.3 is 4.74 Å². The third-order valence-corrected chi connectivity index (χ3v) is 5.13. The number of carbonyl (C=O) groups is 2. The van der Waals surface area contributed by atoms with E-state index >= 15 is 0 Å². The van der Waals surface area contributed by atoms with Crippen LogP contribution >= 0.6 is 11.8 Å². The van der Waals surface area contributed by atoms with Gasteiger partial charge >= 0.3 is 5.97 Å². The molecule has 1 fully saturated rings. The van der Waals surface area contributed by atoms with Crippen LogP contribution in [-0.2, 0) is 14.3 Å². The zero-order chi connectivity index (χ0) is 19.6. The molecule has 0 bridgehead atoms. The van der Waals surface area contributed by atoms with Crippen LogP contribution in [0, 0.1) is 10.1 Å². The Balaban J connectivity index is 2.10. The second-order valence-corrected chi connectivity index (χ2v) is 6.96. The molecule has 0 radical (unpaired) electrons. The Morgan fingerprint density at radius 3 is 2.81 bits per heavy atom. The van der Waals surface area contributed by atoms with Crippen molar-refractivity contribution in [3.05, 3.63) is 63.9 Å². The summed E-state index contributed by atoms with van der Waals surface area (Å²) >= 11 is 1.44. The van der Waals surface area contributed by atoms with E-state index in [1.807, 2.05) is 0 Å². The number of non-ortho nitro benzene ring substituents is 1. The number of rotatable bonds is 5. The van der Waals surface area contributed by atoms with Crippen molar-refractivity contribution < 1.29 is 19.2 Å². The summed E-state index contributed by atoms with van der Waals surface area (Å²) in [6, 6.07) is 5.06. The first-order valence-electron chi connectivity index (χ1n) is 8.20. The molecule has 2 heterocycles. The lowest BCUT2D eigenvalue weighted by Gasteiger charge is -2.38. The van der Waals surface area contributed by atoms with Gasteiger partial charge in [-0.3, -0.25) is 19.8 Å². The molecule has 0 aromatic heterocycles. The molecule has 1 amide bonds. The number of carbonyl (C=O) groups excluding carboxylic acids is 2. The van der Waals surface area contributed by atoms with Crippen LogP contribution < -0.4 is 0 Å². The zero-order valence-electron chi connectivity index (χ0n) is 14.6. The molecule has 1 aromatic rings. The van der Waals surface area contributed by atoms with Gasteiger partial charge in [-0.05, 0) is 24.6 Å². The quantitative estimate of drug-likeness (QED) is 0.333. The van der Waals surface area contributed by atoms with Gasteiger partial charge in [-0.25, -0.2) is 9.79 Å². The first-order chi connectivity index (χ1) is 12.9. The molecule has 1 aromatic carbocycles. The molecule has 2 aliphatic rings. The Hall–Kier alpha value is -2.94. The van der Waals surface area contributed by atoms with Gasteiger partial charge in [0.05, 0.1) is 22.2 Å². The van der Waals surface area contributed by atoms with Crippen molar-refractivity contribution in [2.45, 2.75) is 19.4 Å². The number of esters is 1. The fraction of sp³-hybridized carbons (Fsp3) is 0.278. The molecule has 1 unspecified atom stereocenters. The zero-order valence-corrected chi connectivity index (χ0v) is 15.4. The van der Waals surface area contributed by atoms with Crippen molar-refractivity contribution in [2.24, 2.45) is 4.99 Å². The van der Waals surface area contributed by atoms with E-state index in [1.165, 1.54) is 34.9 Å². The number of aliphatic imine (C=N–C) groups is 1. The number of amidine groups is 1. The summed E-state index contributed by atoms with van der Waals surface area (Å²) in [5.74, 6) is -0.135. The number of nitro groups is 1. The lowest BCUT2D eigenvalue weighted by Crippen LogP contribution is -2.45. The number of hydrogen-bond acceptors (Lipinski definition) is 7. The normalized spacial score (nSPS) is 19.3. The van der Waals surface area contributed by atoms with Crippen LogP contribution in [0.1, 0.15) is 24.9 Å². The highest BCUT2D eigenvalue weighted by atomic mass is 32.2. The molecule has 9 heteroatoms. The molecule has 0 N–H and O–H groups in total. The van der Waals surface area contributed by atoms with Crippen LogP contribution in [-0.4, -0.2) is 39.2 Å². The topological polar surface area (TPSA) is 102 Å². The molecule has 1 atom stereocenters. The Morgan fingerprint density at radius 2 is 2.19 bits per heavy atom. The minimum Gasteiger partial charge on any atom is -0.458 e. The smallest absolute Gasteiger partial charge is 0.338 e. The average molecular weight is 387 g/mol. The van der Waals surface area contributed by atoms with Crippen molar-refractivity contribution >= 4 is 34.5 Å². The fourth-order valence-corrected chi connectivity index (χ4v) is 3.97. The summed E-state index contributed by atoms with van der Waals surface area (Å²) in [5.41, 5.74) is 1.21. The van der Waals surface area contributed by atoms with E-state index in [2.05, 4.69) is 11.6 Å². The third-order valence-electron chi connectivity index (χ3n) is 4.18. The molecule has 27 heavy (non-hydrogen) atoms. The number of hydrogen-bond donors (Lipinski definition) is 0. The van der Waals surface area contributed by atoms with Crippen LogP contribution in [0.2, 0.25) is 0 Å². The maximum Gasteiger partial charge on any atom is 0.338 e. The van der Waals surface area contributed by atoms with Crippen LogP contribution in [0.5, 0.6) is 0 Å². The van der Waals surface area contributed by atoms with Gasteiger partial charge in [0, 0.05) is 24.3 Å². The van der Waals surface area contributed by atoms with E-state index in [0.29, 0.717) is 28.6 Å². The molecular formula is C18H17N3O5S. The summed E-state index contributed by atoms with van der Waals surface area (Å²) in [5, 5.41) is 11.5. The number of ether oxygens (including phenoxy) is 1. The Labute approximate surface area is 159 Å². The maximum atomic E-state index is 12.7. The number of thioether (sulfide) groups is 1. The molecule has 0 spiro atoms. The van der Waals surface area contributed by atoms with Gasteiger partial charge in [0.15, 0.2) is 5.17 Å². The average Bonchev–Trinajstić information content (AvgIpc) is 2.65. The van der Waals surface area contributed by atoms with Crippen LogP contribution in [0.3, 0.4) is 0 Å². The van der Waals surface area contributed by atoms with Gasteiger partial charge in [-0.15, -0.1) is 0 Å². The van der Waals surface area contributed by atoms with Crippen molar-refractivity contribution in [3.63, 3.8) is 0 Å². The molecule has 2 aliphatic heterocycles. The van der Waals surface area contributed by atoms with E-state index in [-0.39, 0.29) is 23.8 Å². The van der Waals surface area contributed by atoms with Crippen molar-refractivity contribution in [3.8, 4) is 0 Å². The Bertz CT molecular complexity index is 875. The summed E-state index contributed by atoms with van der Waals surface area (Å²) in [7, 11) is 0.